The van der Waals surface area contributed by atoms with Crippen molar-refractivity contribution in [2.75, 3.05) is 13.2 Å². The Kier molecular flexibility index (Phi) is 12.6. The molecule has 0 amide bonds. The summed E-state index contributed by atoms with van der Waals surface area (Å²) in [4.78, 5) is 25.8. The third-order valence-corrected chi connectivity index (χ3v) is 11.8. The van der Waals surface area contributed by atoms with Gasteiger partial charge in [-0.2, -0.15) is 0 Å². The Labute approximate surface area is 221 Å². The molecular weight excluding hydrogens is 468 g/mol. The monoisotopic (exact) mass is 518 g/mol. The second kappa shape index (κ2) is 14.1. The number of esters is 2. The zero-order valence-electron chi connectivity index (χ0n) is 24.5. The molecule has 1 aliphatic rings. The molecule has 0 saturated carbocycles. The van der Waals surface area contributed by atoms with E-state index in [1.165, 1.54) is 11.1 Å². The van der Waals surface area contributed by atoms with Crippen LogP contribution in [0, 0.1) is 0 Å². The van der Waals surface area contributed by atoms with Crippen molar-refractivity contribution >= 4 is 20.3 Å². The molecule has 0 aromatic rings. The standard InChI is InChI=1S/C30H50O5Si/c1-11-33-27(31)26(28(32)34-12-2)25-19-18-24(4)16-13-15-23(3)17-14-21-30(8,22-20-25)35-36(9,10)29(5,6)7/h16-17,20,22H,11-15,18-19,21H2,1-10H3/b22-20+,23-17+,24-16+. The van der Waals surface area contributed by atoms with E-state index in [-0.39, 0.29) is 23.8 Å². The Bertz CT molecular complexity index is 866. The topological polar surface area (TPSA) is 61.8 Å². The van der Waals surface area contributed by atoms with Crippen LogP contribution in [0.25, 0.3) is 0 Å². The molecule has 1 aliphatic carbocycles. The first-order chi connectivity index (χ1) is 16.7. The van der Waals surface area contributed by atoms with E-state index in [1.54, 1.807) is 13.8 Å². The number of ether oxygens (including phenoxy) is 2. The van der Waals surface area contributed by atoms with Gasteiger partial charge >= 0.3 is 11.9 Å². The van der Waals surface area contributed by atoms with Crippen LogP contribution in [0.2, 0.25) is 18.1 Å². The van der Waals surface area contributed by atoms with Crippen LogP contribution in [-0.2, 0) is 23.5 Å². The van der Waals surface area contributed by atoms with Crippen LogP contribution in [-0.4, -0.2) is 39.1 Å². The summed E-state index contributed by atoms with van der Waals surface area (Å²) in [5.41, 5.74) is 2.70. The summed E-state index contributed by atoms with van der Waals surface area (Å²) in [6.45, 7) is 21.5. The summed E-state index contributed by atoms with van der Waals surface area (Å²) >= 11 is 0. The van der Waals surface area contributed by atoms with E-state index >= 15 is 0 Å². The van der Waals surface area contributed by atoms with Crippen LogP contribution in [0.1, 0.15) is 93.9 Å². The van der Waals surface area contributed by atoms with Crippen LogP contribution in [0.15, 0.2) is 46.6 Å². The van der Waals surface area contributed by atoms with Gasteiger partial charge in [0, 0.05) is 0 Å². The van der Waals surface area contributed by atoms with Crippen molar-refractivity contribution in [2.45, 2.75) is 118 Å². The molecule has 1 rings (SSSR count). The molecule has 204 valence electrons. The van der Waals surface area contributed by atoms with E-state index in [2.05, 4.69) is 72.9 Å². The molecule has 5 nitrogen and oxygen atoms in total. The van der Waals surface area contributed by atoms with E-state index in [9.17, 15) is 9.59 Å². The van der Waals surface area contributed by atoms with Gasteiger partial charge in [0.25, 0.3) is 0 Å². The normalized spacial score (nSPS) is 24.4. The van der Waals surface area contributed by atoms with E-state index in [0.717, 1.165) is 32.1 Å². The Morgan fingerprint density at radius 1 is 0.917 bits per heavy atom. The molecule has 0 saturated heterocycles. The zero-order chi connectivity index (χ0) is 27.6. The highest BCUT2D eigenvalue weighted by Crippen LogP contribution is 2.41. The molecule has 1 atom stereocenters. The van der Waals surface area contributed by atoms with Crippen LogP contribution in [0.4, 0.5) is 0 Å². The summed E-state index contributed by atoms with van der Waals surface area (Å²) < 4.78 is 17.5. The number of rotatable bonds is 6. The lowest BCUT2D eigenvalue weighted by atomic mass is 9.93. The van der Waals surface area contributed by atoms with Gasteiger partial charge in [0.1, 0.15) is 5.57 Å². The summed E-state index contributed by atoms with van der Waals surface area (Å²) in [7, 11) is -2.10. The lowest BCUT2D eigenvalue weighted by molar-refractivity contribution is -0.146. The smallest absolute Gasteiger partial charge is 0.345 e. The van der Waals surface area contributed by atoms with E-state index < -0.39 is 25.9 Å². The predicted molar refractivity (Wildman–Crippen MR) is 151 cm³/mol. The lowest BCUT2D eigenvalue weighted by Crippen LogP contribution is -2.47. The zero-order valence-corrected chi connectivity index (χ0v) is 25.5. The van der Waals surface area contributed by atoms with E-state index in [4.69, 9.17) is 13.9 Å². The summed E-state index contributed by atoms with van der Waals surface area (Å²) in [6, 6.07) is 0. The van der Waals surface area contributed by atoms with Crippen LogP contribution >= 0.6 is 0 Å². The second-order valence-electron chi connectivity index (χ2n) is 11.5. The quantitative estimate of drug-likeness (QED) is 0.0890. The van der Waals surface area contributed by atoms with E-state index in [1.807, 2.05) is 6.08 Å². The Hall–Kier alpha value is -1.92. The maximum Gasteiger partial charge on any atom is 0.345 e. The molecule has 36 heavy (non-hydrogen) atoms. The second-order valence-corrected chi connectivity index (χ2v) is 16.3. The van der Waals surface area contributed by atoms with Crippen molar-refractivity contribution < 1.29 is 23.5 Å². The molecule has 0 radical (unpaired) electrons. The highest BCUT2D eigenvalue weighted by Gasteiger charge is 2.42. The minimum Gasteiger partial charge on any atom is -0.462 e. The fourth-order valence-electron chi connectivity index (χ4n) is 3.91. The first kappa shape index (κ1) is 32.1. The minimum absolute atomic E-state index is 0.0136. The highest BCUT2D eigenvalue weighted by atomic mass is 28.4. The van der Waals surface area contributed by atoms with Crippen LogP contribution in [0.3, 0.4) is 0 Å². The average molecular weight is 519 g/mol. The largest absolute Gasteiger partial charge is 0.462 e. The molecule has 0 aliphatic heterocycles. The first-order valence-electron chi connectivity index (χ1n) is 13.4. The number of hydrogen-bond donors (Lipinski definition) is 0. The number of carbonyl (C=O) groups is 2. The third-order valence-electron chi connectivity index (χ3n) is 7.17. The molecule has 0 fully saturated rings. The predicted octanol–water partition coefficient (Wildman–Crippen LogP) is 7.99. The number of carbonyl (C=O) groups excluding carboxylic acids is 2. The molecule has 0 N–H and O–H groups in total. The van der Waals surface area contributed by atoms with Gasteiger partial charge in [0.2, 0.25) is 0 Å². The van der Waals surface area contributed by atoms with Gasteiger partial charge in [-0.15, -0.1) is 0 Å². The lowest BCUT2D eigenvalue weighted by Gasteiger charge is -2.43. The average Bonchev–Trinajstić information content (AvgIpc) is 2.74. The molecule has 0 aromatic heterocycles. The van der Waals surface area contributed by atoms with Gasteiger partial charge < -0.3 is 13.9 Å². The van der Waals surface area contributed by atoms with Crippen molar-refractivity contribution in [1.29, 1.82) is 0 Å². The van der Waals surface area contributed by atoms with Crippen molar-refractivity contribution in [3.63, 3.8) is 0 Å². The van der Waals surface area contributed by atoms with Gasteiger partial charge in [0.15, 0.2) is 8.32 Å². The summed E-state index contributed by atoms with van der Waals surface area (Å²) in [5.74, 6) is -1.27. The van der Waals surface area contributed by atoms with Gasteiger partial charge in [-0.1, -0.05) is 56.2 Å². The first-order valence-corrected chi connectivity index (χ1v) is 16.3. The van der Waals surface area contributed by atoms with Gasteiger partial charge in [-0.25, -0.2) is 9.59 Å². The fraction of sp³-hybridized carbons (Fsp3) is 0.667. The molecule has 0 heterocycles. The molecule has 1 unspecified atom stereocenters. The van der Waals surface area contributed by atoms with Crippen molar-refractivity contribution in [2.24, 2.45) is 0 Å². The maximum absolute atomic E-state index is 12.9. The van der Waals surface area contributed by atoms with Gasteiger partial charge in [-0.05, 0) is 96.8 Å². The van der Waals surface area contributed by atoms with Gasteiger partial charge in [-0.3, -0.25) is 0 Å². The highest BCUT2D eigenvalue weighted by molar-refractivity contribution is 6.74. The number of allylic oxidation sites excluding steroid dienone is 6. The van der Waals surface area contributed by atoms with Crippen molar-refractivity contribution in [1.82, 2.24) is 0 Å². The Morgan fingerprint density at radius 2 is 1.44 bits per heavy atom. The third kappa shape index (κ3) is 10.2. The van der Waals surface area contributed by atoms with Crippen molar-refractivity contribution in [3.05, 3.63) is 46.6 Å². The fourth-order valence-corrected chi connectivity index (χ4v) is 5.55. The van der Waals surface area contributed by atoms with E-state index in [0.29, 0.717) is 12.0 Å². The Balaban J connectivity index is 3.69. The van der Waals surface area contributed by atoms with Crippen LogP contribution in [0.5, 0.6) is 0 Å². The molecule has 0 bridgehead atoms. The summed E-state index contributed by atoms with van der Waals surface area (Å²) in [6.07, 6.45) is 13.5. The molecule has 6 heteroatoms. The molecule has 0 aromatic carbocycles. The van der Waals surface area contributed by atoms with Crippen molar-refractivity contribution in [3.8, 4) is 0 Å². The SMILES string of the molecule is CCOC(=O)C(C(=O)OCC)=C1/C=C/C(C)(O[Si](C)(C)C(C)(C)C)CC/C=C(\C)CC/C=C(\C)CC1. The summed E-state index contributed by atoms with van der Waals surface area (Å²) in [5, 5.41) is 0.0519. The van der Waals surface area contributed by atoms with Gasteiger partial charge in [0.05, 0.1) is 18.8 Å². The minimum atomic E-state index is -2.10. The Morgan fingerprint density at radius 3 is 1.97 bits per heavy atom. The van der Waals surface area contributed by atoms with Crippen LogP contribution < -0.4 is 0 Å². The maximum atomic E-state index is 12.9. The molecular formula is C30H50O5Si. The molecule has 0 spiro atoms. The number of hydrogen-bond acceptors (Lipinski definition) is 5.